The third-order valence-electron chi connectivity index (χ3n) is 3.81. The van der Waals surface area contributed by atoms with E-state index in [2.05, 4.69) is 36.4 Å². The highest BCUT2D eigenvalue weighted by Crippen LogP contribution is 2.47. The Bertz CT molecular complexity index is 614. The van der Waals surface area contributed by atoms with Gasteiger partial charge in [-0.25, -0.2) is 0 Å². The molecule has 2 nitrogen and oxygen atoms in total. The van der Waals surface area contributed by atoms with Gasteiger partial charge in [0, 0.05) is 23.5 Å². The van der Waals surface area contributed by atoms with Crippen molar-refractivity contribution in [2.75, 3.05) is 13.2 Å². The lowest BCUT2D eigenvalue weighted by atomic mass is 10.2. The van der Waals surface area contributed by atoms with E-state index in [1.807, 2.05) is 0 Å². The number of hydrogen-bond acceptors (Lipinski definition) is 2. The molecular formula is C16H14ClO2P. The van der Waals surface area contributed by atoms with Crippen molar-refractivity contribution in [1.29, 1.82) is 0 Å². The number of halogens is 1. The summed E-state index contributed by atoms with van der Waals surface area (Å²) in [6.45, 7) is 1.52. The molecule has 2 aromatic carbocycles. The van der Waals surface area contributed by atoms with Gasteiger partial charge in [-0.3, -0.25) is 0 Å². The second kappa shape index (κ2) is 4.95. The summed E-state index contributed by atoms with van der Waals surface area (Å²) in [6, 6.07) is 12.6. The second-order valence-electron chi connectivity index (χ2n) is 5.01. The molecule has 0 aliphatic carbocycles. The Balaban J connectivity index is 1.81. The number of benzene rings is 2. The van der Waals surface area contributed by atoms with E-state index in [1.165, 1.54) is 11.1 Å². The third-order valence-corrected chi connectivity index (χ3v) is 6.45. The molecule has 102 valence electrons. The summed E-state index contributed by atoms with van der Waals surface area (Å²) in [4.78, 5) is 0. The fraction of sp³-hybridized carbons (Fsp3) is 0.250. The van der Waals surface area contributed by atoms with Crippen molar-refractivity contribution in [3.8, 4) is 11.5 Å². The molecule has 2 aliphatic heterocycles. The lowest BCUT2D eigenvalue weighted by Crippen LogP contribution is -2.12. The zero-order chi connectivity index (χ0) is 13.5. The van der Waals surface area contributed by atoms with E-state index in [0.717, 1.165) is 48.2 Å². The van der Waals surface area contributed by atoms with Crippen LogP contribution >= 0.6 is 18.5 Å². The van der Waals surface area contributed by atoms with Crippen molar-refractivity contribution >= 4 is 29.1 Å². The topological polar surface area (TPSA) is 18.5 Å². The van der Waals surface area contributed by atoms with Crippen molar-refractivity contribution in [3.05, 3.63) is 47.5 Å². The predicted octanol–water partition coefficient (Wildman–Crippen LogP) is 3.14. The molecule has 0 saturated carbocycles. The van der Waals surface area contributed by atoms with Crippen molar-refractivity contribution in [3.63, 3.8) is 0 Å². The van der Waals surface area contributed by atoms with E-state index in [9.17, 15) is 0 Å². The van der Waals surface area contributed by atoms with Crippen molar-refractivity contribution < 1.29 is 9.47 Å². The molecule has 0 radical (unpaired) electrons. The summed E-state index contributed by atoms with van der Waals surface area (Å²) in [7, 11) is -0.954. The zero-order valence-corrected chi connectivity index (χ0v) is 12.6. The minimum atomic E-state index is -0.954. The van der Waals surface area contributed by atoms with Crippen molar-refractivity contribution in [2.24, 2.45) is 0 Å². The van der Waals surface area contributed by atoms with Gasteiger partial charge in [0.15, 0.2) is 0 Å². The van der Waals surface area contributed by atoms with Gasteiger partial charge in [-0.2, -0.15) is 0 Å². The molecule has 20 heavy (non-hydrogen) atoms. The summed E-state index contributed by atoms with van der Waals surface area (Å²) in [5.74, 6) is 1.98. The van der Waals surface area contributed by atoms with E-state index in [1.54, 1.807) is 0 Å². The van der Waals surface area contributed by atoms with Crippen molar-refractivity contribution in [1.82, 2.24) is 0 Å². The quantitative estimate of drug-likeness (QED) is 0.794. The highest BCUT2D eigenvalue weighted by atomic mass is 35.7. The van der Waals surface area contributed by atoms with Crippen LogP contribution in [0.1, 0.15) is 11.1 Å². The van der Waals surface area contributed by atoms with Gasteiger partial charge in [0.05, 0.1) is 20.5 Å². The van der Waals surface area contributed by atoms with Gasteiger partial charge in [0.1, 0.15) is 11.5 Å². The number of fused-ring (bicyclic) bond motifs is 2. The van der Waals surface area contributed by atoms with Crippen LogP contribution in [0.3, 0.4) is 0 Å². The molecule has 0 spiro atoms. The van der Waals surface area contributed by atoms with E-state index in [-0.39, 0.29) is 0 Å². The van der Waals surface area contributed by atoms with Crippen LogP contribution < -0.4 is 20.1 Å². The molecule has 0 fully saturated rings. The first-order chi connectivity index (χ1) is 9.84. The maximum absolute atomic E-state index is 6.80. The summed E-state index contributed by atoms with van der Waals surface area (Å²) >= 11 is 6.80. The molecule has 4 heteroatoms. The van der Waals surface area contributed by atoms with Crippen LogP contribution in [0.5, 0.6) is 11.5 Å². The SMILES string of the molecule is ClP(c1cccc2c1OCC2)c1cccc2c1OCC2. The van der Waals surface area contributed by atoms with Crippen molar-refractivity contribution in [2.45, 2.75) is 12.8 Å². The molecule has 0 N–H and O–H groups in total. The van der Waals surface area contributed by atoms with Crippen LogP contribution in [0.25, 0.3) is 0 Å². The van der Waals surface area contributed by atoms with Gasteiger partial charge in [-0.05, 0) is 23.3 Å². The van der Waals surface area contributed by atoms with Crippen LogP contribution in [0.2, 0.25) is 0 Å². The Morgan fingerprint density at radius 3 is 1.80 bits per heavy atom. The first-order valence-electron chi connectivity index (χ1n) is 6.80. The molecule has 0 atom stereocenters. The van der Waals surface area contributed by atoms with E-state index in [0.29, 0.717) is 0 Å². The third kappa shape index (κ3) is 1.90. The van der Waals surface area contributed by atoms with Gasteiger partial charge in [-0.1, -0.05) is 35.5 Å². The smallest absolute Gasteiger partial charge is 0.131 e. The fourth-order valence-electron chi connectivity index (χ4n) is 2.83. The Kier molecular flexibility index (Phi) is 3.09. The van der Waals surface area contributed by atoms with Crippen LogP contribution in [-0.2, 0) is 12.8 Å². The van der Waals surface area contributed by atoms with Gasteiger partial charge < -0.3 is 9.47 Å². The fourth-order valence-corrected chi connectivity index (χ4v) is 5.10. The summed E-state index contributed by atoms with van der Waals surface area (Å²) in [5.41, 5.74) is 2.54. The molecule has 2 aliphatic rings. The number of para-hydroxylation sites is 2. The van der Waals surface area contributed by atoms with Gasteiger partial charge in [0.2, 0.25) is 0 Å². The molecular weight excluding hydrogens is 291 g/mol. The molecule has 0 amide bonds. The van der Waals surface area contributed by atoms with Gasteiger partial charge in [0.25, 0.3) is 0 Å². The molecule has 2 heterocycles. The minimum Gasteiger partial charge on any atom is -0.492 e. The summed E-state index contributed by atoms with van der Waals surface area (Å²) < 4.78 is 11.6. The maximum Gasteiger partial charge on any atom is 0.131 e. The predicted molar refractivity (Wildman–Crippen MR) is 83.3 cm³/mol. The molecule has 0 unspecified atom stereocenters. The Morgan fingerprint density at radius 1 is 0.800 bits per heavy atom. The molecule has 2 aromatic rings. The first-order valence-corrected chi connectivity index (χ1v) is 9.04. The standard InChI is InChI=1S/C16H14ClO2P/c17-20(13-5-1-3-11-7-9-18-15(11)13)14-6-2-4-12-8-10-19-16(12)14/h1-6H,7-10H2. The largest absolute Gasteiger partial charge is 0.492 e. The Hall–Kier alpha value is -1.24. The van der Waals surface area contributed by atoms with Crippen LogP contribution in [0, 0.1) is 0 Å². The van der Waals surface area contributed by atoms with E-state index >= 15 is 0 Å². The zero-order valence-electron chi connectivity index (χ0n) is 10.9. The normalized spacial score (nSPS) is 15.7. The van der Waals surface area contributed by atoms with E-state index in [4.69, 9.17) is 20.7 Å². The minimum absolute atomic E-state index is 0.760. The second-order valence-corrected chi connectivity index (χ2v) is 7.55. The van der Waals surface area contributed by atoms with Crippen LogP contribution in [0.4, 0.5) is 0 Å². The van der Waals surface area contributed by atoms with Gasteiger partial charge in [-0.15, -0.1) is 0 Å². The highest BCUT2D eigenvalue weighted by molar-refractivity contribution is 7.96. The van der Waals surface area contributed by atoms with Crippen LogP contribution in [0.15, 0.2) is 36.4 Å². The number of ether oxygens (including phenoxy) is 2. The average Bonchev–Trinajstić information content (AvgIpc) is 3.13. The summed E-state index contributed by atoms with van der Waals surface area (Å²) in [5, 5.41) is 2.22. The van der Waals surface area contributed by atoms with Crippen LogP contribution in [-0.4, -0.2) is 13.2 Å². The van der Waals surface area contributed by atoms with E-state index < -0.39 is 7.27 Å². The molecule has 0 saturated heterocycles. The van der Waals surface area contributed by atoms with Gasteiger partial charge >= 0.3 is 0 Å². The Labute approximate surface area is 124 Å². The molecule has 0 aromatic heterocycles. The first kappa shape index (κ1) is 12.5. The number of hydrogen-bond donors (Lipinski definition) is 0. The number of rotatable bonds is 2. The lowest BCUT2D eigenvalue weighted by molar-refractivity contribution is 0.359. The lowest BCUT2D eigenvalue weighted by Gasteiger charge is -2.16. The molecule has 4 rings (SSSR count). The maximum atomic E-state index is 6.80. The Morgan fingerprint density at radius 2 is 1.30 bits per heavy atom. The summed E-state index contributed by atoms with van der Waals surface area (Å²) in [6.07, 6.45) is 1.96. The monoisotopic (exact) mass is 304 g/mol. The highest BCUT2D eigenvalue weighted by Gasteiger charge is 2.26. The molecule has 0 bridgehead atoms. The average molecular weight is 305 g/mol.